The lowest BCUT2D eigenvalue weighted by Crippen LogP contribution is -1.99. The first-order chi connectivity index (χ1) is 13.2. The third-order valence-corrected chi connectivity index (χ3v) is 4.62. The Morgan fingerprint density at radius 3 is 1.93 bits per heavy atom. The van der Waals surface area contributed by atoms with Crippen LogP contribution in [0.1, 0.15) is 12.5 Å². The first kappa shape index (κ1) is 16.9. The molecule has 1 heterocycles. The summed E-state index contributed by atoms with van der Waals surface area (Å²) in [5.74, 6) is 0.451. The lowest BCUT2D eigenvalue weighted by molar-refractivity contribution is 0.474. The molecule has 4 heteroatoms. The minimum absolute atomic E-state index is 0.219. The van der Waals surface area contributed by atoms with Crippen LogP contribution in [0.4, 0.5) is 0 Å². The zero-order valence-corrected chi connectivity index (χ0v) is 15.0. The van der Waals surface area contributed by atoms with Gasteiger partial charge in [-0.2, -0.15) is 5.10 Å². The van der Waals surface area contributed by atoms with Gasteiger partial charge in [0.25, 0.3) is 0 Å². The van der Waals surface area contributed by atoms with Gasteiger partial charge in [-0.15, -0.1) is 0 Å². The smallest absolute Gasteiger partial charge is 0.115 e. The van der Waals surface area contributed by atoms with Crippen LogP contribution >= 0.6 is 0 Å². The molecule has 4 rings (SSSR count). The molecule has 4 nitrogen and oxygen atoms in total. The topological polar surface area (TPSA) is 58.3 Å². The molecule has 4 aromatic rings. The number of phenolic OH excluding ortho intramolecular Hbond substituents is 2. The molecule has 0 amide bonds. The maximum absolute atomic E-state index is 9.68. The Morgan fingerprint density at radius 2 is 1.33 bits per heavy atom. The highest BCUT2D eigenvalue weighted by Crippen LogP contribution is 2.35. The third kappa shape index (κ3) is 3.17. The van der Waals surface area contributed by atoms with Gasteiger partial charge in [0.2, 0.25) is 0 Å². The fraction of sp³-hybridized carbons (Fsp3) is 0.0870. The molecule has 27 heavy (non-hydrogen) atoms. The van der Waals surface area contributed by atoms with Crippen LogP contribution in [0.25, 0.3) is 28.2 Å². The number of hydrogen-bond acceptors (Lipinski definition) is 3. The van der Waals surface area contributed by atoms with E-state index < -0.39 is 0 Å². The molecule has 0 aliphatic rings. The van der Waals surface area contributed by atoms with Gasteiger partial charge in [-0.1, -0.05) is 37.3 Å². The van der Waals surface area contributed by atoms with Crippen molar-refractivity contribution < 1.29 is 10.2 Å². The molecule has 0 atom stereocenters. The Bertz CT molecular complexity index is 1050. The van der Waals surface area contributed by atoms with Crippen molar-refractivity contribution in [2.75, 3.05) is 0 Å². The van der Waals surface area contributed by atoms with Crippen molar-refractivity contribution in [3.8, 4) is 39.7 Å². The summed E-state index contributed by atoms with van der Waals surface area (Å²) >= 11 is 0. The van der Waals surface area contributed by atoms with Gasteiger partial charge in [0.1, 0.15) is 11.5 Å². The van der Waals surface area contributed by atoms with Crippen LogP contribution in [0, 0.1) is 0 Å². The van der Waals surface area contributed by atoms with Gasteiger partial charge in [-0.3, -0.25) is 0 Å². The number of aromatic hydroxyl groups is 2. The van der Waals surface area contributed by atoms with Gasteiger partial charge in [-0.05, 0) is 55.0 Å². The molecule has 2 N–H and O–H groups in total. The number of hydrogen-bond donors (Lipinski definition) is 2. The van der Waals surface area contributed by atoms with Crippen LogP contribution in [0.3, 0.4) is 0 Å². The predicted molar refractivity (Wildman–Crippen MR) is 107 cm³/mol. The van der Waals surface area contributed by atoms with Gasteiger partial charge in [0.15, 0.2) is 0 Å². The summed E-state index contributed by atoms with van der Waals surface area (Å²) in [4.78, 5) is 0. The molecule has 0 bridgehead atoms. The average molecular weight is 356 g/mol. The van der Waals surface area contributed by atoms with E-state index in [-0.39, 0.29) is 11.5 Å². The van der Waals surface area contributed by atoms with Crippen LogP contribution in [0.5, 0.6) is 11.5 Å². The van der Waals surface area contributed by atoms with Crippen molar-refractivity contribution in [3.05, 3.63) is 84.4 Å². The van der Waals surface area contributed by atoms with E-state index in [4.69, 9.17) is 5.10 Å². The third-order valence-electron chi connectivity index (χ3n) is 4.62. The second-order valence-electron chi connectivity index (χ2n) is 6.37. The molecule has 0 fully saturated rings. The Hall–Kier alpha value is -3.53. The molecule has 0 radical (unpaired) electrons. The van der Waals surface area contributed by atoms with Crippen LogP contribution in [0.2, 0.25) is 0 Å². The van der Waals surface area contributed by atoms with E-state index in [2.05, 4.69) is 19.1 Å². The lowest BCUT2D eigenvalue weighted by Gasteiger charge is -2.10. The monoisotopic (exact) mass is 356 g/mol. The Morgan fingerprint density at radius 1 is 0.741 bits per heavy atom. The van der Waals surface area contributed by atoms with E-state index in [0.717, 1.165) is 40.2 Å². The van der Waals surface area contributed by atoms with Crippen LogP contribution in [-0.2, 0) is 6.42 Å². The quantitative estimate of drug-likeness (QED) is 0.530. The molecule has 0 saturated heterocycles. The maximum Gasteiger partial charge on any atom is 0.115 e. The number of phenols is 2. The van der Waals surface area contributed by atoms with Crippen LogP contribution in [-0.4, -0.2) is 20.0 Å². The Labute approximate surface area is 158 Å². The molecule has 0 aliphatic heterocycles. The van der Waals surface area contributed by atoms with Gasteiger partial charge >= 0.3 is 0 Å². The fourth-order valence-electron chi connectivity index (χ4n) is 3.31. The molecule has 0 saturated carbocycles. The normalized spacial score (nSPS) is 10.9. The highest BCUT2D eigenvalue weighted by atomic mass is 16.3. The molecule has 1 aromatic heterocycles. The zero-order valence-electron chi connectivity index (χ0n) is 15.0. The van der Waals surface area contributed by atoms with Crippen LogP contribution in [0.15, 0.2) is 78.9 Å². The average Bonchev–Trinajstić information content (AvgIpc) is 3.09. The van der Waals surface area contributed by atoms with E-state index in [0.29, 0.717) is 0 Å². The number of nitrogens with zero attached hydrogens (tertiary/aromatic N) is 2. The molecular weight excluding hydrogens is 336 g/mol. The van der Waals surface area contributed by atoms with E-state index in [1.165, 1.54) is 0 Å². The summed E-state index contributed by atoms with van der Waals surface area (Å²) in [5, 5.41) is 24.2. The maximum atomic E-state index is 9.68. The molecular formula is C23H20N2O2. The van der Waals surface area contributed by atoms with Crippen LogP contribution < -0.4 is 0 Å². The molecule has 0 aliphatic carbocycles. The molecule has 3 aromatic carbocycles. The first-order valence-electron chi connectivity index (χ1n) is 8.93. The summed E-state index contributed by atoms with van der Waals surface area (Å²) in [6.07, 6.45) is 0.818. The van der Waals surface area contributed by atoms with E-state index in [1.807, 2.05) is 47.1 Å². The lowest BCUT2D eigenvalue weighted by atomic mass is 10.00. The highest BCUT2D eigenvalue weighted by molar-refractivity contribution is 5.76. The Balaban J connectivity index is 2.00. The number of rotatable bonds is 4. The minimum Gasteiger partial charge on any atom is -0.508 e. The van der Waals surface area contributed by atoms with Crippen molar-refractivity contribution in [2.24, 2.45) is 0 Å². The van der Waals surface area contributed by atoms with Crippen molar-refractivity contribution >= 4 is 0 Å². The van der Waals surface area contributed by atoms with Gasteiger partial charge < -0.3 is 10.2 Å². The summed E-state index contributed by atoms with van der Waals surface area (Å²) in [6, 6.07) is 24.3. The van der Waals surface area contributed by atoms with Crippen molar-refractivity contribution in [3.63, 3.8) is 0 Å². The molecule has 0 unspecified atom stereocenters. The number of aromatic nitrogens is 2. The zero-order chi connectivity index (χ0) is 18.8. The molecule has 0 spiro atoms. The largest absolute Gasteiger partial charge is 0.508 e. The predicted octanol–water partition coefficient (Wildman–Crippen LogP) is 5.18. The number of benzene rings is 3. The standard InChI is InChI=1S/C23H20N2O2/c1-2-21-22(16-6-4-3-5-7-16)24-25(18-10-14-20(27)15-11-18)23(21)17-8-12-19(26)13-9-17/h3-15,26-27H,2H2,1H3. The SMILES string of the molecule is CCc1c(-c2ccccc2)nn(-c2ccc(O)cc2)c1-c1ccc(O)cc1. The fourth-order valence-corrected chi connectivity index (χ4v) is 3.31. The summed E-state index contributed by atoms with van der Waals surface area (Å²) in [5.41, 5.74) is 5.98. The highest BCUT2D eigenvalue weighted by Gasteiger charge is 2.20. The Kier molecular flexibility index (Phi) is 4.38. The van der Waals surface area contributed by atoms with E-state index in [9.17, 15) is 10.2 Å². The second-order valence-corrected chi connectivity index (χ2v) is 6.37. The minimum atomic E-state index is 0.219. The summed E-state index contributed by atoms with van der Waals surface area (Å²) in [7, 11) is 0. The van der Waals surface area contributed by atoms with E-state index in [1.54, 1.807) is 24.3 Å². The van der Waals surface area contributed by atoms with Gasteiger partial charge in [0, 0.05) is 16.7 Å². The molecule has 134 valence electrons. The summed E-state index contributed by atoms with van der Waals surface area (Å²) in [6.45, 7) is 2.12. The van der Waals surface area contributed by atoms with Crippen molar-refractivity contribution in [1.29, 1.82) is 0 Å². The van der Waals surface area contributed by atoms with Crippen molar-refractivity contribution in [1.82, 2.24) is 9.78 Å². The van der Waals surface area contributed by atoms with Gasteiger partial charge in [0.05, 0.1) is 17.1 Å². The van der Waals surface area contributed by atoms with Crippen molar-refractivity contribution in [2.45, 2.75) is 13.3 Å². The second kappa shape index (κ2) is 7.00. The van der Waals surface area contributed by atoms with Gasteiger partial charge in [-0.25, -0.2) is 4.68 Å². The van der Waals surface area contributed by atoms with E-state index >= 15 is 0 Å². The first-order valence-corrected chi connectivity index (χ1v) is 8.93. The summed E-state index contributed by atoms with van der Waals surface area (Å²) < 4.78 is 1.91.